The van der Waals surface area contributed by atoms with Crippen molar-refractivity contribution in [3.05, 3.63) is 17.4 Å². The molecule has 0 aromatic carbocycles. The third-order valence-corrected chi connectivity index (χ3v) is 3.11. The fourth-order valence-corrected chi connectivity index (χ4v) is 1.90. The fourth-order valence-electron chi connectivity index (χ4n) is 1.75. The average Bonchev–Trinajstić information content (AvgIpc) is 2.74. The molecule has 2 atom stereocenters. The highest BCUT2D eigenvalue weighted by atomic mass is 35.5. The highest BCUT2D eigenvalue weighted by molar-refractivity contribution is 6.30. The van der Waals surface area contributed by atoms with Crippen LogP contribution in [0.2, 0.25) is 5.02 Å². The van der Waals surface area contributed by atoms with Crippen LogP contribution in [-0.4, -0.2) is 35.4 Å². The van der Waals surface area contributed by atoms with E-state index in [1.807, 2.05) is 6.92 Å². The Bertz CT molecular complexity index is 394. The summed E-state index contributed by atoms with van der Waals surface area (Å²) in [5.41, 5.74) is -0.730. The molecule has 1 N–H and O–H groups in total. The summed E-state index contributed by atoms with van der Waals surface area (Å²) < 4.78 is 6.53. The van der Waals surface area contributed by atoms with Crippen LogP contribution in [0.1, 0.15) is 26.3 Å². The van der Waals surface area contributed by atoms with Gasteiger partial charge in [0.15, 0.2) is 0 Å². The molecular formula is C11H18ClN3O2. The van der Waals surface area contributed by atoms with Crippen LogP contribution in [0.3, 0.4) is 0 Å². The molecule has 17 heavy (non-hydrogen) atoms. The Morgan fingerprint density at radius 1 is 1.76 bits per heavy atom. The van der Waals surface area contributed by atoms with Crippen molar-refractivity contribution in [2.75, 3.05) is 14.2 Å². The Morgan fingerprint density at radius 3 is 2.82 bits per heavy atom. The number of aromatic nitrogens is 2. The van der Waals surface area contributed by atoms with Gasteiger partial charge in [0.25, 0.3) is 0 Å². The Kier molecular flexibility index (Phi) is 4.54. The lowest BCUT2D eigenvalue weighted by molar-refractivity contribution is -0.148. The first-order valence-corrected chi connectivity index (χ1v) is 5.77. The summed E-state index contributed by atoms with van der Waals surface area (Å²) >= 11 is 5.81. The summed E-state index contributed by atoms with van der Waals surface area (Å²) in [5, 5.41) is 7.70. The van der Waals surface area contributed by atoms with Crippen molar-refractivity contribution in [2.24, 2.45) is 0 Å². The molecule has 2 unspecified atom stereocenters. The molecule has 1 heterocycles. The van der Waals surface area contributed by atoms with E-state index in [9.17, 15) is 4.79 Å². The van der Waals surface area contributed by atoms with Crippen LogP contribution in [-0.2, 0) is 9.53 Å². The van der Waals surface area contributed by atoms with E-state index < -0.39 is 5.54 Å². The number of carbonyl (C=O) groups is 1. The van der Waals surface area contributed by atoms with E-state index in [0.717, 1.165) is 0 Å². The minimum Gasteiger partial charge on any atom is -0.468 e. The van der Waals surface area contributed by atoms with E-state index in [1.54, 1.807) is 31.0 Å². The number of nitrogens with one attached hydrogen (secondary N) is 1. The largest absolute Gasteiger partial charge is 0.468 e. The highest BCUT2D eigenvalue weighted by Crippen LogP contribution is 2.22. The summed E-state index contributed by atoms with van der Waals surface area (Å²) in [5.74, 6) is -0.287. The average molecular weight is 260 g/mol. The van der Waals surface area contributed by atoms with Gasteiger partial charge in [0.05, 0.1) is 24.4 Å². The predicted molar refractivity (Wildman–Crippen MR) is 66.0 cm³/mol. The van der Waals surface area contributed by atoms with Crippen molar-refractivity contribution in [3.63, 3.8) is 0 Å². The second-order valence-corrected chi connectivity index (χ2v) is 4.70. The van der Waals surface area contributed by atoms with Crippen molar-refractivity contribution in [2.45, 2.75) is 31.8 Å². The number of likely N-dealkylation sites (N-methyl/N-ethyl adjacent to an activating group) is 1. The predicted octanol–water partition coefficient (Wildman–Crippen LogP) is 1.64. The normalized spacial score (nSPS) is 16.3. The quantitative estimate of drug-likeness (QED) is 0.817. The van der Waals surface area contributed by atoms with Crippen LogP contribution < -0.4 is 5.32 Å². The zero-order valence-corrected chi connectivity index (χ0v) is 11.3. The van der Waals surface area contributed by atoms with Gasteiger partial charge in [0, 0.05) is 6.20 Å². The maximum absolute atomic E-state index is 11.7. The lowest BCUT2D eigenvalue weighted by Crippen LogP contribution is -2.49. The van der Waals surface area contributed by atoms with Crippen molar-refractivity contribution in [1.82, 2.24) is 15.1 Å². The SMILES string of the molecule is CNC(C)(CC(C)n1cc(Cl)cn1)C(=O)OC. The lowest BCUT2D eigenvalue weighted by atomic mass is 9.94. The van der Waals surface area contributed by atoms with E-state index >= 15 is 0 Å². The van der Waals surface area contributed by atoms with Gasteiger partial charge in [-0.05, 0) is 27.3 Å². The van der Waals surface area contributed by atoms with Gasteiger partial charge in [-0.25, -0.2) is 0 Å². The van der Waals surface area contributed by atoms with Crippen LogP contribution in [0.4, 0.5) is 0 Å². The molecule has 0 bridgehead atoms. The maximum Gasteiger partial charge on any atom is 0.325 e. The topological polar surface area (TPSA) is 56.2 Å². The number of nitrogens with zero attached hydrogens (tertiary/aromatic N) is 2. The van der Waals surface area contributed by atoms with E-state index in [1.165, 1.54) is 7.11 Å². The highest BCUT2D eigenvalue weighted by Gasteiger charge is 2.34. The van der Waals surface area contributed by atoms with Crippen molar-refractivity contribution >= 4 is 17.6 Å². The summed E-state index contributed by atoms with van der Waals surface area (Å²) in [6, 6.07) is 0.0408. The van der Waals surface area contributed by atoms with Gasteiger partial charge in [0.1, 0.15) is 5.54 Å². The van der Waals surface area contributed by atoms with E-state index in [4.69, 9.17) is 16.3 Å². The summed E-state index contributed by atoms with van der Waals surface area (Å²) in [6.07, 6.45) is 3.88. The lowest BCUT2D eigenvalue weighted by Gasteiger charge is -2.29. The molecule has 6 heteroatoms. The molecule has 1 rings (SSSR count). The fraction of sp³-hybridized carbons (Fsp3) is 0.636. The van der Waals surface area contributed by atoms with Crippen LogP contribution in [0.25, 0.3) is 0 Å². The van der Waals surface area contributed by atoms with Gasteiger partial charge in [-0.3, -0.25) is 9.48 Å². The molecule has 1 aromatic heterocycles. The van der Waals surface area contributed by atoms with Crippen LogP contribution in [0.5, 0.6) is 0 Å². The number of carbonyl (C=O) groups excluding carboxylic acids is 1. The second-order valence-electron chi connectivity index (χ2n) is 4.27. The third kappa shape index (κ3) is 3.20. The molecule has 96 valence electrons. The van der Waals surface area contributed by atoms with Gasteiger partial charge in [-0.1, -0.05) is 11.6 Å². The third-order valence-electron chi connectivity index (χ3n) is 2.91. The second kappa shape index (κ2) is 5.51. The zero-order chi connectivity index (χ0) is 13.1. The number of esters is 1. The molecule has 0 aliphatic rings. The van der Waals surface area contributed by atoms with Gasteiger partial charge >= 0.3 is 5.97 Å². The van der Waals surface area contributed by atoms with E-state index in [-0.39, 0.29) is 12.0 Å². The van der Waals surface area contributed by atoms with Crippen molar-refractivity contribution in [3.8, 4) is 0 Å². The van der Waals surface area contributed by atoms with Crippen molar-refractivity contribution in [1.29, 1.82) is 0 Å². The van der Waals surface area contributed by atoms with Crippen LogP contribution in [0, 0.1) is 0 Å². The van der Waals surface area contributed by atoms with Gasteiger partial charge < -0.3 is 10.1 Å². The van der Waals surface area contributed by atoms with Gasteiger partial charge in [-0.15, -0.1) is 0 Å². The molecule has 0 aliphatic heterocycles. The van der Waals surface area contributed by atoms with E-state index in [0.29, 0.717) is 11.4 Å². The first-order chi connectivity index (χ1) is 7.92. The Labute approximate surface area is 106 Å². The van der Waals surface area contributed by atoms with E-state index in [2.05, 4.69) is 10.4 Å². The smallest absolute Gasteiger partial charge is 0.325 e. The summed E-state index contributed by atoms with van der Waals surface area (Å²) in [6.45, 7) is 3.78. The monoisotopic (exact) mass is 259 g/mol. The molecule has 0 aliphatic carbocycles. The summed E-state index contributed by atoms with van der Waals surface area (Å²) in [4.78, 5) is 11.7. The first kappa shape index (κ1) is 14.0. The Morgan fingerprint density at radius 2 is 2.41 bits per heavy atom. The van der Waals surface area contributed by atoms with Gasteiger partial charge in [-0.2, -0.15) is 5.10 Å². The standard InChI is InChI=1S/C11H18ClN3O2/c1-8(15-7-9(12)6-14-15)5-11(2,13-3)10(16)17-4/h6-8,13H,5H2,1-4H3. The molecule has 0 fully saturated rings. The molecular weight excluding hydrogens is 242 g/mol. The summed E-state index contributed by atoms with van der Waals surface area (Å²) in [7, 11) is 3.12. The van der Waals surface area contributed by atoms with Crippen LogP contribution in [0.15, 0.2) is 12.4 Å². The number of methoxy groups -OCH3 is 1. The number of hydrogen-bond acceptors (Lipinski definition) is 4. The number of halogens is 1. The molecule has 0 spiro atoms. The minimum absolute atomic E-state index is 0.0408. The Hall–Kier alpha value is -1.07. The molecule has 0 amide bonds. The number of ether oxygens (including phenoxy) is 1. The minimum atomic E-state index is -0.730. The van der Waals surface area contributed by atoms with Gasteiger partial charge in [0.2, 0.25) is 0 Å². The van der Waals surface area contributed by atoms with Crippen LogP contribution >= 0.6 is 11.6 Å². The first-order valence-electron chi connectivity index (χ1n) is 5.40. The van der Waals surface area contributed by atoms with Crippen molar-refractivity contribution < 1.29 is 9.53 Å². The zero-order valence-electron chi connectivity index (χ0n) is 10.5. The number of hydrogen-bond donors (Lipinski definition) is 1. The Balaban J connectivity index is 2.78. The molecule has 1 aromatic rings. The number of rotatable bonds is 5. The molecule has 0 saturated carbocycles. The maximum atomic E-state index is 11.7. The molecule has 0 saturated heterocycles. The molecule has 5 nitrogen and oxygen atoms in total. The molecule has 0 radical (unpaired) electrons.